The maximum atomic E-state index is 12.5. The van der Waals surface area contributed by atoms with Crippen LogP contribution in [0.2, 0.25) is 0 Å². The van der Waals surface area contributed by atoms with Crippen LogP contribution in [0.1, 0.15) is 66.2 Å². The lowest BCUT2D eigenvalue weighted by atomic mass is 10.1. The Morgan fingerprint density at radius 2 is 1.90 bits per heavy atom. The van der Waals surface area contributed by atoms with E-state index < -0.39 is 0 Å². The van der Waals surface area contributed by atoms with Crippen LogP contribution in [0.15, 0.2) is 0 Å². The van der Waals surface area contributed by atoms with E-state index in [0.29, 0.717) is 12.5 Å². The van der Waals surface area contributed by atoms with Crippen LogP contribution in [0.5, 0.6) is 0 Å². The fourth-order valence-corrected chi connectivity index (χ4v) is 2.78. The Morgan fingerprint density at radius 1 is 1.19 bits per heavy atom. The maximum absolute atomic E-state index is 12.5. The first-order valence-corrected chi connectivity index (χ1v) is 8.74. The molecule has 2 unspecified atom stereocenters. The molecule has 1 N–H and O–H groups in total. The molecule has 1 aliphatic heterocycles. The van der Waals surface area contributed by atoms with Crippen molar-refractivity contribution in [3.8, 4) is 0 Å². The van der Waals surface area contributed by atoms with Crippen molar-refractivity contribution >= 4 is 5.91 Å². The van der Waals surface area contributed by atoms with E-state index in [1.807, 2.05) is 4.90 Å². The number of unbranched alkanes of at least 4 members (excludes halogenated alkanes) is 2. The Balaban J connectivity index is 2.47. The third-order valence-corrected chi connectivity index (χ3v) is 4.01. The van der Waals surface area contributed by atoms with Gasteiger partial charge in [0.2, 0.25) is 5.91 Å². The summed E-state index contributed by atoms with van der Waals surface area (Å²) in [6.07, 6.45) is 6.66. The molecule has 0 spiro atoms. The Morgan fingerprint density at radius 3 is 2.52 bits per heavy atom. The van der Waals surface area contributed by atoms with Crippen molar-refractivity contribution in [2.45, 2.75) is 78.4 Å². The maximum Gasteiger partial charge on any atom is 0.241 e. The molecule has 1 heterocycles. The van der Waals surface area contributed by atoms with E-state index in [0.717, 1.165) is 51.7 Å². The van der Waals surface area contributed by atoms with Crippen molar-refractivity contribution in [3.63, 3.8) is 0 Å². The molecule has 4 nitrogen and oxygen atoms in total. The summed E-state index contributed by atoms with van der Waals surface area (Å²) in [6.45, 7) is 10.9. The van der Waals surface area contributed by atoms with E-state index >= 15 is 0 Å². The van der Waals surface area contributed by atoms with E-state index in [1.165, 1.54) is 0 Å². The number of nitrogens with zero attached hydrogens (tertiary/aromatic N) is 1. The number of amides is 1. The molecule has 21 heavy (non-hydrogen) atoms. The molecule has 4 heteroatoms. The van der Waals surface area contributed by atoms with Gasteiger partial charge in [0.05, 0.1) is 18.8 Å². The molecular weight excluding hydrogens is 264 g/mol. The summed E-state index contributed by atoms with van der Waals surface area (Å²) in [7, 11) is 0. The van der Waals surface area contributed by atoms with Crippen molar-refractivity contribution < 1.29 is 9.53 Å². The minimum absolute atomic E-state index is 0.0179. The van der Waals surface area contributed by atoms with Gasteiger partial charge in [-0.2, -0.15) is 0 Å². The monoisotopic (exact) mass is 298 g/mol. The first-order valence-electron chi connectivity index (χ1n) is 8.74. The molecule has 0 aliphatic carbocycles. The summed E-state index contributed by atoms with van der Waals surface area (Å²) in [5, 5.41) is 3.53. The zero-order valence-electron chi connectivity index (χ0n) is 14.4. The van der Waals surface area contributed by atoms with Crippen molar-refractivity contribution in [2.75, 3.05) is 19.8 Å². The number of hydrogen-bond donors (Lipinski definition) is 1. The SMILES string of the molecule is CCCCOCCN1C(=O)C(CCCC)NC1CC(C)C. The van der Waals surface area contributed by atoms with Gasteiger partial charge in [0.1, 0.15) is 0 Å². The van der Waals surface area contributed by atoms with E-state index in [2.05, 4.69) is 33.0 Å². The Hall–Kier alpha value is -0.610. The van der Waals surface area contributed by atoms with Crippen LogP contribution in [-0.4, -0.2) is 42.8 Å². The number of carbonyl (C=O) groups excluding carboxylic acids is 1. The van der Waals surface area contributed by atoms with Crippen LogP contribution in [0.4, 0.5) is 0 Å². The first kappa shape index (κ1) is 18.4. The van der Waals surface area contributed by atoms with Crippen LogP contribution in [0.3, 0.4) is 0 Å². The average Bonchev–Trinajstić information content (AvgIpc) is 2.72. The lowest BCUT2D eigenvalue weighted by Gasteiger charge is -2.25. The van der Waals surface area contributed by atoms with E-state index in [1.54, 1.807) is 0 Å². The highest BCUT2D eigenvalue weighted by Crippen LogP contribution is 2.20. The highest BCUT2D eigenvalue weighted by molar-refractivity contribution is 5.84. The van der Waals surface area contributed by atoms with Gasteiger partial charge in [0.15, 0.2) is 0 Å². The Kier molecular flexibility index (Phi) is 8.93. The molecule has 0 bridgehead atoms. The molecular formula is C17H34N2O2. The van der Waals surface area contributed by atoms with Crippen molar-refractivity contribution in [2.24, 2.45) is 5.92 Å². The van der Waals surface area contributed by atoms with Crippen LogP contribution in [0, 0.1) is 5.92 Å². The summed E-state index contributed by atoms with van der Waals surface area (Å²) in [4.78, 5) is 14.5. The Bertz CT molecular complexity index is 295. The molecule has 0 saturated carbocycles. The van der Waals surface area contributed by atoms with Gasteiger partial charge in [-0.05, 0) is 25.2 Å². The van der Waals surface area contributed by atoms with Crippen LogP contribution in [-0.2, 0) is 9.53 Å². The highest BCUT2D eigenvalue weighted by Gasteiger charge is 2.37. The molecule has 1 rings (SSSR count). The summed E-state index contributed by atoms with van der Waals surface area (Å²) >= 11 is 0. The summed E-state index contributed by atoms with van der Waals surface area (Å²) in [5.74, 6) is 0.858. The predicted octanol–water partition coefficient (Wildman–Crippen LogP) is 3.17. The van der Waals surface area contributed by atoms with Gasteiger partial charge in [0, 0.05) is 13.2 Å². The second-order valence-electron chi connectivity index (χ2n) is 6.50. The van der Waals surface area contributed by atoms with E-state index in [-0.39, 0.29) is 18.1 Å². The van der Waals surface area contributed by atoms with Gasteiger partial charge in [0.25, 0.3) is 0 Å². The topological polar surface area (TPSA) is 41.6 Å². The average molecular weight is 298 g/mol. The lowest BCUT2D eigenvalue weighted by Crippen LogP contribution is -2.40. The van der Waals surface area contributed by atoms with Crippen LogP contribution in [0.25, 0.3) is 0 Å². The third kappa shape index (κ3) is 6.35. The first-order chi connectivity index (χ1) is 10.1. The number of rotatable bonds is 11. The van der Waals surface area contributed by atoms with Crippen molar-refractivity contribution in [1.82, 2.24) is 10.2 Å². The lowest BCUT2D eigenvalue weighted by molar-refractivity contribution is -0.131. The number of ether oxygens (including phenoxy) is 1. The molecule has 1 amide bonds. The molecule has 124 valence electrons. The van der Waals surface area contributed by atoms with Gasteiger partial charge in [-0.25, -0.2) is 0 Å². The zero-order valence-corrected chi connectivity index (χ0v) is 14.4. The zero-order chi connectivity index (χ0) is 15.7. The fourth-order valence-electron chi connectivity index (χ4n) is 2.78. The summed E-state index contributed by atoms with van der Waals surface area (Å²) in [5.41, 5.74) is 0. The highest BCUT2D eigenvalue weighted by atomic mass is 16.5. The second-order valence-corrected chi connectivity index (χ2v) is 6.50. The largest absolute Gasteiger partial charge is 0.380 e. The number of nitrogens with one attached hydrogen (secondary N) is 1. The molecule has 0 aromatic rings. The van der Waals surface area contributed by atoms with Crippen LogP contribution < -0.4 is 5.32 Å². The van der Waals surface area contributed by atoms with Gasteiger partial charge < -0.3 is 9.64 Å². The summed E-state index contributed by atoms with van der Waals surface area (Å²) in [6, 6.07) is 0.0179. The molecule has 0 aromatic heterocycles. The van der Waals surface area contributed by atoms with Crippen LogP contribution >= 0.6 is 0 Å². The molecule has 1 fully saturated rings. The van der Waals surface area contributed by atoms with E-state index in [9.17, 15) is 4.79 Å². The molecule has 0 aromatic carbocycles. The fraction of sp³-hybridized carbons (Fsp3) is 0.941. The predicted molar refractivity (Wildman–Crippen MR) is 87.1 cm³/mol. The molecule has 1 aliphatic rings. The van der Waals surface area contributed by atoms with Crippen molar-refractivity contribution in [1.29, 1.82) is 0 Å². The number of carbonyl (C=O) groups is 1. The van der Waals surface area contributed by atoms with E-state index in [4.69, 9.17) is 4.74 Å². The van der Waals surface area contributed by atoms with Gasteiger partial charge in [-0.15, -0.1) is 0 Å². The molecule has 0 radical (unpaired) electrons. The van der Waals surface area contributed by atoms with Crippen molar-refractivity contribution in [3.05, 3.63) is 0 Å². The second kappa shape index (κ2) is 10.2. The van der Waals surface area contributed by atoms with Gasteiger partial charge in [-0.3, -0.25) is 10.1 Å². The molecule has 2 atom stereocenters. The van der Waals surface area contributed by atoms with Gasteiger partial charge >= 0.3 is 0 Å². The quantitative estimate of drug-likeness (QED) is 0.596. The van der Waals surface area contributed by atoms with Gasteiger partial charge in [-0.1, -0.05) is 47.0 Å². The number of hydrogen-bond acceptors (Lipinski definition) is 3. The Labute approximate surface area is 130 Å². The smallest absolute Gasteiger partial charge is 0.241 e. The normalized spacial score (nSPS) is 22.5. The third-order valence-electron chi connectivity index (χ3n) is 4.01. The summed E-state index contributed by atoms with van der Waals surface area (Å²) < 4.78 is 5.63. The molecule has 1 saturated heterocycles. The standard InChI is InChI=1S/C17H34N2O2/c1-5-7-9-15-17(20)19(10-12-21-11-8-6-2)16(18-15)13-14(3)4/h14-16,18H,5-13H2,1-4H3. The minimum Gasteiger partial charge on any atom is -0.380 e. The minimum atomic E-state index is 0.0179.